The summed E-state index contributed by atoms with van der Waals surface area (Å²) in [7, 11) is 0. The Bertz CT molecular complexity index is 1260. The summed E-state index contributed by atoms with van der Waals surface area (Å²) in [5.41, 5.74) is 3.68. The third kappa shape index (κ3) is 4.63. The first-order chi connectivity index (χ1) is 17.2. The van der Waals surface area contributed by atoms with Gasteiger partial charge in [-0.05, 0) is 52.1 Å². The lowest BCUT2D eigenvalue weighted by molar-refractivity contribution is -0.244. The SMILES string of the molecule is CC1(C)OC(=O)C(C2[C@@H](c3ccc(-c4ccc(O)cc4)cc3)CC(=O)C[C@H]2c2ccccc2)C(=O)O1. The lowest BCUT2D eigenvalue weighted by Crippen LogP contribution is -2.52. The van der Waals surface area contributed by atoms with E-state index >= 15 is 0 Å². The molecule has 5 rings (SSSR count). The quantitative estimate of drug-likeness (QED) is 0.396. The van der Waals surface area contributed by atoms with E-state index < -0.39 is 29.6 Å². The van der Waals surface area contributed by atoms with E-state index in [0.717, 1.165) is 22.3 Å². The molecule has 3 aromatic rings. The Balaban J connectivity index is 1.56. The molecule has 1 unspecified atom stereocenters. The van der Waals surface area contributed by atoms with E-state index in [0.29, 0.717) is 0 Å². The van der Waals surface area contributed by atoms with E-state index in [-0.39, 0.29) is 36.2 Å². The van der Waals surface area contributed by atoms with Gasteiger partial charge >= 0.3 is 11.9 Å². The van der Waals surface area contributed by atoms with Crippen LogP contribution in [0.5, 0.6) is 5.75 Å². The number of carbonyl (C=O) groups excluding carboxylic acids is 3. The first-order valence-corrected chi connectivity index (χ1v) is 12.1. The van der Waals surface area contributed by atoms with Gasteiger partial charge in [-0.1, -0.05) is 66.7 Å². The normalized spacial score (nSPS) is 24.2. The molecule has 1 aliphatic heterocycles. The fourth-order valence-electron chi connectivity index (χ4n) is 5.59. The molecule has 0 bridgehead atoms. The summed E-state index contributed by atoms with van der Waals surface area (Å²) < 4.78 is 11.0. The first-order valence-electron chi connectivity index (χ1n) is 12.1. The number of phenols is 1. The Kier molecular flexibility index (Phi) is 6.12. The molecule has 1 N–H and O–H groups in total. The summed E-state index contributed by atoms with van der Waals surface area (Å²) in [5.74, 6) is -4.58. The van der Waals surface area contributed by atoms with Gasteiger partial charge in [0, 0.05) is 26.7 Å². The summed E-state index contributed by atoms with van der Waals surface area (Å²) in [5, 5.41) is 9.58. The molecule has 0 radical (unpaired) electrons. The van der Waals surface area contributed by atoms with Crippen LogP contribution in [0, 0.1) is 11.8 Å². The van der Waals surface area contributed by atoms with Crippen LogP contribution in [0.2, 0.25) is 0 Å². The molecule has 0 spiro atoms. The third-order valence-corrected chi connectivity index (χ3v) is 7.18. The minimum atomic E-state index is -1.32. The van der Waals surface area contributed by atoms with Crippen molar-refractivity contribution in [3.63, 3.8) is 0 Å². The minimum Gasteiger partial charge on any atom is -0.508 e. The number of Topliss-reactive ketones (excluding diaryl/α,β-unsaturated/α-hetero) is 1. The zero-order valence-corrected chi connectivity index (χ0v) is 20.2. The molecule has 0 amide bonds. The Morgan fingerprint density at radius 2 is 1.17 bits per heavy atom. The number of carbonyl (C=O) groups is 3. The largest absolute Gasteiger partial charge is 0.508 e. The lowest BCUT2D eigenvalue weighted by Gasteiger charge is -2.44. The second-order valence-corrected chi connectivity index (χ2v) is 10.0. The number of benzene rings is 3. The Labute approximate surface area is 209 Å². The molecule has 0 aromatic heterocycles. The van der Waals surface area contributed by atoms with Crippen molar-refractivity contribution in [3.05, 3.63) is 90.0 Å². The number of ketones is 1. The monoisotopic (exact) mass is 484 g/mol. The minimum absolute atomic E-state index is 0.0885. The highest BCUT2D eigenvalue weighted by Gasteiger charge is 2.54. The second kappa shape index (κ2) is 9.26. The molecule has 2 aliphatic rings. The van der Waals surface area contributed by atoms with Crippen molar-refractivity contribution in [2.24, 2.45) is 11.8 Å². The van der Waals surface area contributed by atoms with Crippen molar-refractivity contribution in [2.75, 3.05) is 0 Å². The highest BCUT2D eigenvalue weighted by molar-refractivity contribution is 5.98. The van der Waals surface area contributed by atoms with Crippen LogP contribution in [-0.4, -0.2) is 28.6 Å². The van der Waals surface area contributed by atoms with Gasteiger partial charge in [0.1, 0.15) is 11.5 Å². The molecule has 1 saturated carbocycles. The molecule has 2 fully saturated rings. The number of ether oxygens (including phenoxy) is 2. The van der Waals surface area contributed by atoms with Gasteiger partial charge in [0.2, 0.25) is 0 Å². The fourth-order valence-corrected chi connectivity index (χ4v) is 5.59. The molecule has 3 aromatic carbocycles. The van der Waals surface area contributed by atoms with E-state index in [1.165, 1.54) is 13.8 Å². The van der Waals surface area contributed by atoms with Crippen LogP contribution in [0.4, 0.5) is 0 Å². The van der Waals surface area contributed by atoms with Crippen molar-refractivity contribution >= 4 is 17.7 Å². The third-order valence-electron chi connectivity index (χ3n) is 7.18. The summed E-state index contributed by atoms with van der Waals surface area (Å²) in [6.45, 7) is 3.08. The standard InChI is InChI=1S/C30H28O6/c1-30(2)35-28(33)27(29(34)36-30)26-24(20-6-4-3-5-7-20)16-23(32)17-25(26)21-10-8-18(9-11-21)19-12-14-22(31)15-13-19/h3-15,24-27,31H,16-17H2,1-2H3/t24-,25+,26?/m0/s1. The zero-order chi connectivity index (χ0) is 25.4. The molecule has 184 valence electrons. The van der Waals surface area contributed by atoms with Crippen molar-refractivity contribution in [1.82, 2.24) is 0 Å². The number of cyclic esters (lactones) is 2. The predicted octanol–water partition coefficient (Wildman–Crippen LogP) is 5.36. The van der Waals surface area contributed by atoms with Gasteiger partial charge < -0.3 is 14.6 Å². The molecule has 36 heavy (non-hydrogen) atoms. The van der Waals surface area contributed by atoms with Gasteiger partial charge in [0.25, 0.3) is 5.79 Å². The van der Waals surface area contributed by atoms with Crippen molar-refractivity contribution in [1.29, 1.82) is 0 Å². The van der Waals surface area contributed by atoms with Gasteiger partial charge in [-0.3, -0.25) is 14.4 Å². The van der Waals surface area contributed by atoms with Crippen LogP contribution in [0.3, 0.4) is 0 Å². The van der Waals surface area contributed by atoms with Crippen LogP contribution in [0.1, 0.15) is 49.7 Å². The summed E-state index contributed by atoms with van der Waals surface area (Å²) in [4.78, 5) is 39.4. The number of hydrogen-bond acceptors (Lipinski definition) is 6. The maximum atomic E-state index is 13.2. The Hall–Kier alpha value is -3.93. The molecule has 3 atom stereocenters. The van der Waals surface area contributed by atoms with Gasteiger partial charge in [0.05, 0.1) is 0 Å². The van der Waals surface area contributed by atoms with Gasteiger partial charge in [-0.2, -0.15) is 0 Å². The van der Waals surface area contributed by atoms with Crippen LogP contribution in [0.15, 0.2) is 78.9 Å². The van der Waals surface area contributed by atoms with Crippen LogP contribution in [-0.2, 0) is 23.9 Å². The predicted molar refractivity (Wildman–Crippen MR) is 133 cm³/mol. The number of hydrogen-bond donors (Lipinski definition) is 1. The number of aromatic hydroxyl groups is 1. The summed E-state index contributed by atoms with van der Waals surface area (Å²) >= 11 is 0. The highest BCUT2D eigenvalue weighted by Crippen LogP contribution is 2.50. The number of phenolic OH excluding ortho intramolecular Hbond substituents is 1. The van der Waals surface area contributed by atoms with Crippen molar-refractivity contribution < 1.29 is 29.0 Å². The lowest BCUT2D eigenvalue weighted by atomic mass is 9.62. The van der Waals surface area contributed by atoms with Crippen molar-refractivity contribution in [3.8, 4) is 16.9 Å². The molecule has 6 heteroatoms. The summed E-state index contributed by atoms with van der Waals surface area (Å²) in [6, 6.07) is 24.3. The van der Waals surface area contributed by atoms with Crippen molar-refractivity contribution in [2.45, 2.75) is 44.3 Å². The van der Waals surface area contributed by atoms with E-state index in [9.17, 15) is 19.5 Å². The summed E-state index contributed by atoms with van der Waals surface area (Å²) in [6.07, 6.45) is 0.476. The fraction of sp³-hybridized carbons (Fsp3) is 0.300. The van der Waals surface area contributed by atoms with E-state index in [2.05, 4.69) is 0 Å². The molecule has 1 saturated heterocycles. The Morgan fingerprint density at radius 1 is 0.694 bits per heavy atom. The molecular formula is C30H28O6. The molecule has 6 nitrogen and oxygen atoms in total. The van der Waals surface area contributed by atoms with Crippen LogP contribution >= 0.6 is 0 Å². The average Bonchev–Trinajstić information content (AvgIpc) is 2.84. The smallest absolute Gasteiger partial charge is 0.323 e. The maximum absolute atomic E-state index is 13.2. The number of rotatable bonds is 4. The average molecular weight is 485 g/mol. The van der Waals surface area contributed by atoms with Crippen LogP contribution in [0.25, 0.3) is 11.1 Å². The van der Waals surface area contributed by atoms with Gasteiger partial charge in [-0.25, -0.2) is 0 Å². The molecule has 1 aliphatic carbocycles. The second-order valence-electron chi connectivity index (χ2n) is 10.0. The molecular weight excluding hydrogens is 456 g/mol. The van der Waals surface area contributed by atoms with Gasteiger partial charge in [-0.15, -0.1) is 0 Å². The molecule has 1 heterocycles. The van der Waals surface area contributed by atoms with E-state index in [1.807, 2.05) is 66.7 Å². The number of esters is 2. The first kappa shape index (κ1) is 23.8. The van der Waals surface area contributed by atoms with Crippen LogP contribution < -0.4 is 0 Å². The van der Waals surface area contributed by atoms with E-state index in [1.54, 1.807) is 12.1 Å². The van der Waals surface area contributed by atoms with Gasteiger partial charge in [0.15, 0.2) is 5.92 Å². The topological polar surface area (TPSA) is 89.9 Å². The maximum Gasteiger partial charge on any atom is 0.323 e. The highest BCUT2D eigenvalue weighted by atomic mass is 16.7. The zero-order valence-electron chi connectivity index (χ0n) is 20.2. The van der Waals surface area contributed by atoms with E-state index in [4.69, 9.17) is 9.47 Å². The Morgan fingerprint density at radius 3 is 1.69 bits per heavy atom.